The monoisotopic (exact) mass is 378 g/mol. The number of nitrogens with one attached hydrogen (secondary N) is 1. The van der Waals surface area contributed by atoms with Crippen LogP contribution in [0, 0.1) is 24.1 Å². The highest BCUT2D eigenvalue weighted by Crippen LogP contribution is 2.33. The number of halogens is 1. The molecule has 1 aromatic carbocycles. The predicted octanol–water partition coefficient (Wildman–Crippen LogP) is 3.97. The SMILES string of the molecule is CCOC(=O)c1sc(NC(=O)CSc2ccc(F)cc2)c(C#N)c1C. The minimum absolute atomic E-state index is 0.0994. The number of thiophene rings is 1. The van der Waals surface area contributed by atoms with E-state index in [2.05, 4.69) is 5.32 Å². The van der Waals surface area contributed by atoms with E-state index in [0.717, 1.165) is 16.2 Å². The van der Waals surface area contributed by atoms with Crippen LogP contribution in [-0.4, -0.2) is 24.2 Å². The number of rotatable bonds is 6. The van der Waals surface area contributed by atoms with Crippen LogP contribution in [0.25, 0.3) is 0 Å². The number of anilines is 1. The van der Waals surface area contributed by atoms with Crippen molar-refractivity contribution >= 4 is 40.0 Å². The molecule has 0 unspecified atom stereocenters. The number of hydrogen-bond acceptors (Lipinski definition) is 6. The van der Waals surface area contributed by atoms with Crippen molar-refractivity contribution in [1.82, 2.24) is 0 Å². The highest BCUT2D eigenvalue weighted by atomic mass is 32.2. The van der Waals surface area contributed by atoms with E-state index in [4.69, 9.17) is 4.74 Å². The first-order valence-corrected chi connectivity index (χ1v) is 9.15. The van der Waals surface area contributed by atoms with E-state index in [1.807, 2.05) is 6.07 Å². The summed E-state index contributed by atoms with van der Waals surface area (Å²) in [6, 6.07) is 7.82. The van der Waals surface area contributed by atoms with Gasteiger partial charge in [0.2, 0.25) is 5.91 Å². The molecule has 0 saturated heterocycles. The maximum absolute atomic E-state index is 12.9. The molecule has 1 N–H and O–H groups in total. The Morgan fingerprint density at radius 3 is 2.64 bits per heavy atom. The molecule has 0 spiro atoms. The molecule has 0 aliphatic rings. The van der Waals surface area contributed by atoms with E-state index < -0.39 is 5.97 Å². The fourth-order valence-corrected chi connectivity index (χ4v) is 3.74. The van der Waals surface area contributed by atoms with Crippen molar-refractivity contribution in [2.75, 3.05) is 17.7 Å². The summed E-state index contributed by atoms with van der Waals surface area (Å²) in [6.45, 7) is 3.57. The lowest BCUT2D eigenvalue weighted by Crippen LogP contribution is -2.13. The summed E-state index contributed by atoms with van der Waals surface area (Å²) in [4.78, 5) is 25.1. The van der Waals surface area contributed by atoms with Gasteiger partial charge >= 0.3 is 5.97 Å². The number of amides is 1. The van der Waals surface area contributed by atoms with Gasteiger partial charge < -0.3 is 10.1 Å². The van der Waals surface area contributed by atoms with E-state index >= 15 is 0 Å². The maximum atomic E-state index is 12.9. The van der Waals surface area contributed by atoms with Gasteiger partial charge in [0, 0.05) is 4.90 Å². The minimum atomic E-state index is -0.511. The third kappa shape index (κ3) is 4.81. The topological polar surface area (TPSA) is 79.2 Å². The van der Waals surface area contributed by atoms with E-state index in [9.17, 15) is 19.2 Å². The lowest BCUT2D eigenvalue weighted by atomic mass is 10.2. The number of thioether (sulfide) groups is 1. The summed E-state index contributed by atoms with van der Waals surface area (Å²) < 4.78 is 17.8. The molecule has 0 fully saturated rings. The van der Waals surface area contributed by atoms with E-state index in [0.29, 0.717) is 15.4 Å². The van der Waals surface area contributed by atoms with Crippen molar-refractivity contribution in [2.24, 2.45) is 0 Å². The first-order valence-electron chi connectivity index (χ1n) is 7.35. The number of nitrogens with zero attached hydrogens (tertiary/aromatic N) is 1. The summed E-state index contributed by atoms with van der Waals surface area (Å²) in [5, 5.41) is 12.3. The lowest BCUT2D eigenvalue weighted by molar-refractivity contribution is -0.113. The minimum Gasteiger partial charge on any atom is -0.462 e. The van der Waals surface area contributed by atoms with Crippen molar-refractivity contribution in [3.63, 3.8) is 0 Å². The second kappa shape index (κ2) is 8.65. The van der Waals surface area contributed by atoms with Crippen molar-refractivity contribution in [3.8, 4) is 6.07 Å². The fraction of sp³-hybridized carbons (Fsp3) is 0.235. The average Bonchev–Trinajstić information content (AvgIpc) is 2.90. The van der Waals surface area contributed by atoms with Gasteiger partial charge in [-0.25, -0.2) is 9.18 Å². The number of ether oxygens (including phenoxy) is 1. The lowest BCUT2D eigenvalue weighted by Gasteiger charge is -2.03. The molecular weight excluding hydrogens is 363 g/mol. The zero-order chi connectivity index (χ0) is 18.4. The molecule has 0 aliphatic heterocycles. The second-order valence-electron chi connectivity index (χ2n) is 4.88. The van der Waals surface area contributed by atoms with Gasteiger partial charge in [0.15, 0.2) is 0 Å². The predicted molar refractivity (Wildman–Crippen MR) is 95.5 cm³/mol. The number of hydrogen-bond donors (Lipinski definition) is 1. The Bertz CT molecular complexity index is 826. The number of carbonyl (C=O) groups is 2. The van der Waals surface area contributed by atoms with Gasteiger partial charge in [-0.1, -0.05) is 0 Å². The summed E-state index contributed by atoms with van der Waals surface area (Å²) >= 11 is 2.27. The molecule has 0 atom stereocenters. The second-order valence-corrected chi connectivity index (χ2v) is 6.95. The van der Waals surface area contributed by atoms with Gasteiger partial charge in [0.25, 0.3) is 0 Å². The molecule has 5 nitrogen and oxygen atoms in total. The van der Waals surface area contributed by atoms with Gasteiger partial charge in [0.05, 0.1) is 17.9 Å². The van der Waals surface area contributed by atoms with Crippen LogP contribution in [0.4, 0.5) is 9.39 Å². The first-order chi connectivity index (χ1) is 12.0. The summed E-state index contributed by atoms with van der Waals surface area (Å²) in [5.74, 6) is -1.07. The molecule has 2 rings (SSSR count). The van der Waals surface area contributed by atoms with Crippen LogP contribution in [0.15, 0.2) is 29.2 Å². The van der Waals surface area contributed by atoms with Crippen molar-refractivity contribution in [2.45, 2.75) is 18.7 Å². The van der Waals surface area contributed by atoms with Crippen molar-refractivity contribution < 1.29 is 18.7 Å². The van der Waals surface area contributed by atoms with Gasteiger partial charge in [-0.2, -0.15) is 5.26 Å². The molecule has 0 radical (unpaired) electrons. The molecule has 0 saturated carbocycles. The Balaban J connectivity index is 2.07. The van der Waals surface area contributed by atoms with Gasteiger partial charge in [-0.15, -0.1) is 23.1 Å². The fourth-order valence-electron chi connectivity index (χ4n) is 1.97. The van der Waals surface area contributed by atoms with Crippen molar-refractivity contribution in [1.29, 1.82) is 5.26 Å². The van der Waals surface area contributed by atoms with E-state index in [-0.39, 0.29) is 29.6 Å². The van der Waals surface area contributed by atoms with Crippen LogP contribution in [0.3, 0.4) is 0 Å². The van der Waals surface area contributed by atoms with Crippen molar-refractivity contribution in [3.05, 3.63) is 46.1 Å². The van der Waals surface area contributed by atoms with Crippen LogP contribution in [0.2, 0.25) is 0 Å². The van der Waals surface area contributed by atoms with Gasteiger partial charge in [-0.05, 0) is 43.7 Å². The first kappa shape index (κ1) is 19.0. The highest BCUT2D eigenvalue weighted by molar-refractivity contribution is 8.00. The van der Waals surface area contributed by atoms with Gasteiger partial charge in [0.1, 0.15) is 21.8 Å². The average molecular weight is 378 g/mol. The van der Waals surface area contributed by atoms with E-state index in [1.165, 1.54) is 23.9 Å². The molecule has 1 amide bonds. The molecular formula is C17H15FN2O3S2. The Hall–Kier alpha value is -2.37. The van der Waals surface area contributed by atoms with Crippen LogP contribution in [-0.2, 0) is 9.53 Å². The number of esters is 1. The van der Waals surface area contributed by atoms with Crippen LogP contribution >= 0.6 is 23.1 Å². The zero-order valence-corrected chi connectivity index (χ0v) is 15.2. The maximum Gasteiger partial charge on any atom is 0.348 e. The Morgan fingerprint density at radius 1 is 1.36 bits per heavy atom. The largest absolute Gasteiger partial charge is 0.462 e. The Labute approximate surface area is 152 Å². The molecule has 8 heteroatoms. The standard InChI is InChI=1S/C17H15FN2O3S2/c1-3-23-17(22)15-10(2)13(8-19)16(25-15)20-14(21)9-24-12-6-4-11(18)5-7-12/h4-7H,3,9H2,1-2H3,(H,20,21). The number of carbonyl (C=O) groups excluding carboxylic acids is 2. The third-order valence-corrected chi connectivity index (χ3v) is 5.36. The molecule has 130 valence electrons. The van der Waals surface area contributed by atoms with Crippen LogP contribution in [0.1, 0.15) is 27.7 Å². The molecule has 2 aromatic rings. The third-order valence-electron chi connectivity index (χ3n) is 3.16. The molecule has 0 aliphatic carbocycles. The van der Waals surface area contributed by atoms with E-state index in [1.54, 1.807) is 26.0 Å². The normalized spacial score (nSPS) is 10.2. The molecule has 25 heavy (non-hydrogen) atoms. The highest BCUT2D eigenvalue weighted by Gasteiger charge is 2.22. The summed E-state index contributed by atoms with van der Waals surface area (Å²) in [5.41, 5.74) is 0.751. The summed E-state index contributed by atoms with van der Waals surface area (Å²) in [6.07, 6.45) is 0. The molecule has 0 bridgehead atoms. The van der Waals surface area contributed by atoms with Crippen LogP contribution in [0.5, 0.6) is 0 Å². The Kier molecular flexibility index (Phi) is 6.56. The van der Waals surface area contributed by atoms with Gasteiger partial charge in [-0.3, -0.25) is 4.79 Å². The summed E-state index contributed by atoms with van der Waals surface area (Å²) in [7, 11) is 0. The Morgan fingerprint density at radius 2 is 2.04 bits per heavy atom. The van der Waals surface area contributed by atoms with Crippen LogP contribution < -0.4 is 5.32 Å². The zero-order valence-electron chi connectivity index (χ0n) is 13.6. The smallest absolute Gasteiger partial charge is 0.348 e. The quantitative estimate of drug-likeness (QED) is 0.608. The molecule has 1 heterocycles. The number of benzene rings is 1. The number of nitriles is 1. The molecule has 1 aromatic heterocycles.